The lowest BCUT2D eigenvalue weighted by Gasteiger charge is -2.13. The number of hydrazone groups is 1. The van der Waals surface area contributed by atoms with Gasteiger partial charge in [0.05, 0.1) is 6.21 Å². The van der Waals surface area contributed by atoms with E-state index in [1.165, 1.54) is 5.56 Å². The smallest absolute Gasteiger partial charge is 0.262 e. The van der Waals surface area contributed by atoms with E-state index in [2.05, 4.69) is 31.8 Å². The van der Waals surface area contributed by atoms with Gasteiger partial charge in [-0.3, -0.25) is 4.79 Å². The maximum atomic E-state index is 12.3. The highest BCUT2D eigenvalue weighted by atomic mass is 79.9. The first kappa shape index (κ1) is 21.6. The molecular weight excluding hydrogens is 442 g/mol. The molecule has 0 radical (unpaired) electrons. The molecule has 3 aromatic carbocycles. The van der Waals surface area contributed by atoms with Crippen LogP contribution in [0, 0.1) is 6.92 Å². The van der Waals surface area contributed by atoms with Crippen molar-refractivity contribution in [1.82, 2.24) is 5.43 Å². The predicted molar refractivity (Wildman–Crippen MR) is 125 cm³/mol. The number of halogens is 1. The SMILES string of the molecule is Cc1ccc(N[C@H](C)C(=O)NN=Cc2ccccc2OCc2cccc(Br)c2)cc1. The number of aryl methyl sites for hydroxylation is 1. The number of amides is 1. The summed E-state index contributed by atoms with van der Waals surface area (Å²) in [6.07, 6.45) is 1.59. The molecule has 0 spiro atoms. The Kier molecular flexibility index (Phi) is 7.63. The molecule has 3 aromatic rings. The van der Waals surface area contributed by atoms with E-state index in [1.54, 1.807) is 13.1 Å². The average Bonchev–Trinajstić information content (AvgIpc) is 2.74. The van der Waals surface area contributed by atoms with Crippen LogP contribution in [0.3, 0.4) is 0 Å². The highest BCUT2D eigenvalue weighted by Crippen LogP contribution is 2.19. The minimum absolute atomic E-state index is 0.223. The lowest BCUT2D eigenvalue weighted by molar-refractivity contribution is -0.121. The topological polar surface area (TPSA) is 62.7 Å². The van der Waals surface area contributed by atoms with Crippen molar-refractivity contribution in [3.8, 4) is 5.75 Å². The van der Waals surface area contributed by atoms with Crippen LogP contribution in [0.15, 0.2) is 82.4 Å². The van der Waals surface area contributed by atoms with Crippen molar-refractivity contribution in [3.63, 3.8) is 0 Å². The summed E-state index contributed by atoms with van der Waals surface area (Å²) in [6.45, 7) is 4.25. The fourth-order valence-corrected chi connectivity index (χ4v) is 3.18. The zero-order valence-electron chi connectivity index (χ0n) is 16.9. The molecule has 30 heavy (non-hydrogen) atoms. The second kappa shape index (κ2) is 10.6. The minimum Gasteiger partial charge on any atom is -0.488 e. The molecule has 0 aliphatic rings. The van der Waals surface area contributed by atoms with Crippen molar-refractivity contribution in [2.45, 2.75) is 26.5 Å². The number of benzene rings is 3. The van der Waals surface area contributed by atoms with Gasteiger partial charge in [-0.25, -0.2) is 5.43 Å². The standard InChI is InChI=1S/C24H24BrN3O2/c1-17-10-12-22(13-11-17)27-18(2)24(29)28-26-15-20-7-3-4-9-23(20)30-16-19-6-5-8-21(25)14-19/h3-15,18,27H,16H2,1-2H3,(H,28,29)/t18-/m1/s1. The van der Waals surface area contributed by atoms with Gasteiger partial charge in [0.25, 0.3) is 5.91 Å². The number of carbonyl (C=O) groups is 1. The zero-order chi connectivity index (χ0) is 21.3. The lowest BCUT2D eigenvalue weighted by atomic mass is 10.2. The third kappa shape index (κ3) is 6.46. The van der Waals surface area contributed by atoms with Crippen LogP contribution >= 0.6 is 15.9 Å². The van der Waals surface area contributed by atoms with E-state index in [4.69, 9.17) is 4.74 Å². The number of rotatable bonds is 8. The summed E-state index contributed by atoms with van der Waals surface area (Å²) in [5, 5.41) is 7.25. The van der Waals surface area contributed by atoms with Gasteiger partial charge >= 0.3 is 0 Å². The van der Waals surface area contributed by atoms with E-state index in [0.29, 0.717) is 12.4 Å². The van der Waals surface area contributed by atoms with Gasteiger partial charge in [-0.2, -0.15) is 5.10 Å². The highest BCUT2D eigenvalue weighted by molar-refractivity contribution is 9.10. The van der Waals surface area contributed by atoms with E-state index in [9.17, 15) is 4.79 Å². The summed E-state index contributed by atoms with van der Waals surface area (Å²) in [7, 11) is 0. The molecule has 6 heteroatoms. The molecular formula is C24H24BrN3O2. The number of ether oxygens (including phenoxy) is 1. The average molecular weight is 466 g/mol. The molecule has 3 rings (SSSR count). The zero-order valence-corrected chi connectivity index (χ0v) is 18.5. The normalized spacial score (nSPS) is 11.8. The Morgan fingerprint density at radius 3 is 2.63 bits per heavy atom. The summed E-state index contributed by atoms with van der Waals surface area (Å²) < 4.78 is 6.94. The summed E-state index contributed by atoms with van der Waals surface area (Å²) >= 11 is 3.46. The molecule has 1 atom stereocenters. The van der Waals surface area contributed by atoms with Crippen LogP contribution in [0.2, 0.25) is 0 Å². The summed E-state index contributed by atoms with van der Waals surface area (Å²) in [4.78, 5) is 12.3. The number of hydrogen-bond donors (Lipinski definition) is 2. The molecule has 0 heterocycles. The molecule has 0 fully saturated rings. The molecule has 154 valence electrons. The van der Waals surface area contributed by atoms with Gasteiger partial charge < -0.3 is 10.1 Å². The lowest BCUT2D eigenvalue weighted by Crippen LogP contribution is -2.34. The first-order chi connectivity index (χ1) is 14.5. The van der Waals surface area contributed by atoms with Crippen LogP contribution in [0.1, 0.15) is 23.6 Å². The Hall–Kier alpha value is -3.12. The van der Waals surface area contributed by atoms with Gasteiger partial charge in [0.15, 0.2) is 0 Å². The van der Waals surface area contributed by atoms with Gasteiger partial charge in [0.2, 0.25) is 0 Å². The van der Waals surface area contributed by atoms with Crippen LogP contribution in [-0.2, 0) is 11.4 Å². The summed E-state index contributed by atoms with van der Waals surface area (Å²) in [5.41, 5.74) is 6.47. The van der Waals surface area contributed by atoms with Gasteiger partial charge in [-0.05, 0) is 55.8 Å². The first-order valence-electron chi connectivity index (χ1n) is 9.63. The number of nitrogens with one attached hydrogen (secondary N) is 2. The van der Waals surface area contributed by atoms with Crippen LogP contribution in [0.25, 0.3) is 0 Å². The predicted octanol–water partition coefficient (Wildman–Crippen LogP) is 5.29. The van der Waals surface area contributed by atoms with Crippen molar-refractivity contribution in [3.05, 3.63) is 94.0 Å². The molecule has 0 aliphatic carbocycles. The van der Waals surface area contributed by atoms with E-state index in [0.717, 1.165) is 21.3 Å². The first-order valence-corrected chi connectivity index (χ1v) is 10.4. The Morgan fingerprint density at radius 2 is 1.87 bits per heavy atom. The number of nitrogens with zero attached hydrogens (tertiary/aromatic N) is 1. The highest BCUT2D eigenvalue weighted by Gasteiger charge is 2.11. The third-order valence-corrected chi connectivity index (χ3v) is 4.90. The molecule has 2 N–H and O–H groups in total. The maximum absolute atomic E-state index is 12.3. The van der Waals surface area contributed by atoms with Crippen LogP contribution in [0.5, 0.6) is 5.75 Å². The summed E-state index contributed by atoms with van der Waals surface area (Å²) in [5.74, 6) is 0.473. The Bertz CT molecular complexity index is 1020. The van der Waals surface area contributed by atoms with Crippen molar-refractivity contribution in [1.29, 1.82) is 0 Å². The Morgan fingerprint density at radius 1 is 1.10 bits per heavy atom. The number of para-hydroxylation sites is 1. The van der Waals surface area contributed by atoms with E-state index >= 15 is 0 Å². The Balaban J connectivity index is 1.56. The summed E-state index contributed by atoms with van der Waals surface area (Å²) in [6, 6.07) is 23.0. The van der Waals surface area contributed by atoms with E-state index in [1.807, 2.05) is 79.7 Å². The van der Waals surface area contributed by atoms with Gasteiger partial charge in [0.1, 0.15) is 18.4 Å². The largest absolute Gasteiger partial charge is 0.488 e. The van der Waals surface area contributed by atoms with Gasteiger partial charge in [0, 0.05) is 15.7 Å². The fourth-order valence-electron chi connectivity index (χ4n) is 2.73. The van der Waals surface area contributed by atoms with Crippen LogP contribution in [-0.4, -0.2) is 18.2 Å². The number of carbonyl (C=O) groups excluding carboxylic acids is 1. The van der Waals surface area contributed by atoms with E-state index < -0.39 is 6.04 Å². The van der Waals surface area contributed by atoms with Crippen LogP contribution in [0.4, 0.5) is 5.69 Å². The molecule has 5 nitrogen and oxygen atoms in total. The van der Waals surface area contributed by atoms with Crippen molar-refractivity contribution in [2.24, 2.45) is 5.10 Å². The number of anilines is 1. The second-order valence-corrected chi connectivity index (χ2v) is 7.84. The fraction of sp³-hybridized carbons (Fsp3) is 0.167. The second-order valence-electron chi connectivity index (χ2n) is 6.92. The molecule has 0 aliphatic heterocycles. The minimum atomic E-state index is -0.423. The molecule has 0 saturated carbocycles. The monoisotopic (exact) mass is 465 g/mol. The van der Waals surface area contributed by atoms with Crippen molar-refractivity contribution in [2.75, 3.05) is 5.32 Å². The molecule has 0 bridgehead atoms. The number of hydrogen-bond acceptors (Lipinski definition) is 4. The maximum Gasteiger partial charge on any atom is 0.262 e. The Labute approximate surface area is 185 Å². The van der Waals surface area contributed by atoms with Gasteiger partial charge in [-0.15, -0.1) is 0 Å². The van der Waals surface area contributed by atoms with Gasteiger partial charge in [-0.1, -0.05) is 57.9 Å². The molecule has 0 unspecified atom stereocenters. The van der Waals surface area contributed by atoms with Crippen molar-refractivity contribution >= 4 is 33.7 Å². The van der Waals surface area contributed by atoms with Crippen molar-refractivity contribution < 1.29 is 9.53 Å². The van der Waals surface area contributed by atoms with E-state index in [-0.39, 0.29) is 5.91 Å². The molecule has 0 saturated heterocycles. The quantitative estimate of drug-likeness (QED) is 0.351. The van der Waals surface area contributed by atoms with Crippen LogP contribution < -0.4 is 15.5 Å². The molecule has 1 amide bonds. The third-order valence-electron chi connectivity index (χ3n) is 4.41. The molecule has 0 aromatic heterocycles.